The summed E-state index contributed by atoms with van der Waals surface area (Å²) in [6.45, 7) is 1.95. The number of carbonyl (C=O) groups is 1. The van der Waals surface area contributed by atoms with Crippen molar-refractivity contribution < 1.29 is 4.79 Å². The molecule has 0 aromatic rings. The van der Waals surface area contributed by atoms with Crippen LogP contribution in [0.25, 0.3) is 0 Å². The van der Waals surface area contributed by atoms with Gasteiger partial charge in [-0.1, -0.05) is 32.1 Å². The van der Waals surface area contributed by atoms with Gasteiger partial charge in [-0.05, 0) is 51.0 Å². The van der Waals surface area contributed by atoms with Gasteiger partial charge >= 0.3 is 0 Å². The topological polar surface area (TPSA) is 20.3 Å². The molecule has 0 amide bonds. The van der Waals surface area contributed by atoms with Gasteiger partial charge < -0.3 is 0 Å². The summed E-state index contributed by atoms with van der Waals surface area (Å²) >= 11 is 0. The Hall–Kier alpha value is -0.370. The third-order valence-electron chi connectivity index (χ3n) is 5.78. The van der Waals surface area contributed by atoms with Crippen LogP contribution in [-0.2, 0) is 4.79 Å². The van der Waals surface area contributed by atoms with Crippen LogP contribution in [0.3, 0.4) is 0 Å². The highest BCUT2D eigenvalue weighted by atomic mass is 16.1. The van der Waals surface area contributed by atoms with E-state index in [1.165, 1.54) is 77.2 Å². The lowest BCUT2D eigenvalue weighted by molar-refractivity contribution is -0.126. The van der Waals surface area contributed by atoms with Crippen molar-refractivity contribution in [2.45, 2.75) is 76.7 Å². The van der Waals surface area contributed by atoms with E-state index in [1.54, 1.807) is 0 Å². The largest absolute Gasteiger partial charge is 0.298 e. The van der Waals surface area contributed by atoms with Crippen LogP contribution in [0, 0.1) is 11.8 Å². The molecule has 3 fully saturated rings. The molecule has 1 aliphatic heterocycles. The van der Waals surface area contributed by atoms with Gasteiger partial charge in [-0.15, -0.1) is 0 Å². The van der Waals surface area contributed by atoms with Gasteiger partial charge in [-0.2, -0.15) is 0 Å². The van der Waals surface area contributed by atoms with Gasteiger partial charge in [0.2, 0.25) is 0 Å². The molecule has 2 atom stereocenters. The zero-order valence-electron chi connectivity index (χ0n) is 12.3. The van der Waals surface area contributed by atoms with Crippen LogP contribution in [0.5, 0.6) is 0 Å². The van der Waals surface area contributed by atoms with Crippen LogP contribution in [0.1, 0.15) is 70.6 Å². The van der Waals surface area contributed by atoms with Crippen molar-refractivity contribution in [1.82, 2.24) is 4.90 Å². The van der Waals surface area contributed by atoms with Crippen molar-refractivity contribution >= 4 is 5.78 Å². The predicted octanol–water partition coefficient (Wildman–Crippen LogP) is 3.79. The zero-order chi connectivity index (χ0) is 13.1. The van der Waals surface area contributed by atoms with Gasteiger partial charge in [0.15, 0.2) is 0 Å². The number of hydrogen-bond acceptors (Lipinski definition) is 2. The van der Waals surface area contributed by atoms with Crippen molar-refractivity contribution in [2.24, 2.45) is 11.8 Å². The van der Waals surface area contributed by atoms with Crippen LogP contribution in [-0.4, -0.2) is 29.8 Å². The minimum absolute atomic E-state index is 0.401. The van der Waals surface area contributed by atoms with Crippen molar-refractivity contribution in [1.29, 1.82) is 0 Å². The first-order valence-corrected chi connectivity index (χ1v) is 8.61. The molecule has 2 unspecified atom stereocenters. The highest BCUT2D eigenvalue weighted by Crippen LogP contribution is 2.35. The Kier molecular flexibility index (Phi) is 4.57. The molecule has 0 aromatic heterocycles. The number of fused-ring (bicyclic) bond motifs is 1. The lowest BCUT2D eigenvalue weighted by Crippen LogP contribution is -2.49. The molecular weight excluding hydrogens is 234 g/mol. The van der Waals surface area contributed by atoms with Crippen LogP contribution < -0.4 is 0 Å². The summed E-state index contributed by atoms with van der Waals surface area (Å²) in [5.74, 6) is 1.87. The molecule has 0 N–H and O–H groups in total. The third kappa shape index (κ3) is 3.21. The van der Waals surface area contributed by atoms with E-state index in [2.05, 4.69) is 4.90 Å². The highest BCUT2D eigenvalue weighted by Gasteiger charge is 2.34. The van der Waals surface area contributed by atoms with Crippen molar-refractivity contribution in [3.63, 3.8) is 0 Å². The maximum Gasteiger partial charge on any atom is 0.149 e. The lowest BCUT2D eigenvalue weighted by atomic mass is 9.78. The van der Waals surface area contributed by atoms with E-state index >= 15 is 0 Å². The maximum atomic E-state index is 12.5. The summed E-state index contributed by atoms with van der Waals surface area (Å²) in [6.07, 6.45) is 14.5. The quantitative estimate of drug-likeness (QED) is 0.772. The number of likely N-dealkylation sites (tertiary alicyclic amines) is 1. The van der Waals surface area contributed by atoms with Gasteiger partial charge in [0.05, 0.1) is 6.54 Å². The number of hydrogen-bond donors (Lipinski definition) is 0. The fourth-order valence-corrected chi connectivity index (χ4v) is 4.68. The first-order chi connectivity index (χ1) is 9.34. The smallest absolute Gasteiger partial charge is 0.149 e. The minimum Gasteiger partial charge on any atom is -0.298 e. The Morgan fingerprint density at radius 2 is 1.53 bits per heavy atom. The average molecular weight is 263 g/mol. The van der Waals surface area contributed by atoms with Crippen molar-refractivity contribution in [3.05, 3.63) is 0 Å². The number of carbonyl (C=O) groups excluding carboxylic acids is 1. The van der Waals surface area contributed by atoms with Gasteiger partial charge in [-0.25, -0.2) is 0 Å². The fraction of sp³-hybridized carbons (Fsp3) is 0.941. The Morgan fingerprint density at radius 3 is 2.37 bits per heavy atom. The summed E-state index contributed by atoms with van der Waals surface area (Å²) < 4.78 is 0. The summed E-state index contributed by atoms with van der Waals surface area (Å²) in [6, 6.07) is 0.745. The van der Waals surface area contributed by atoms with E-state index in [4.69, 9.17) is 0 Å². The Morgan fingerprint density at radius 1 is 0.842 bits per heavy atom. The number of piperidine rings is 1. The standard InChI is InChI=1S/C17H29NO/c19-17(15-8-2-1-3-9-15)13-18-12-6-10-14-7-4-5-11-16(14)18/h14-16H,1-13H2. The van der Waals surface area contributed by atoms with Gasteiger partial charge in [0.1, 0.15) is 5.78 Å². The molecule has 2 nitrogen and oxygen atoms in total. The molecule has 0 aromatic carbocycles. The average Bonchev–Trinajstić information content (AvgIpc) is 2.48. The number of ketones is 1. The molecule has 19 heavy (non-hydrogen) atoms. The van der Waals surface area contributed by atoms with E-state index in [9.17, 15) is 4.79 Å². The highest BCUT2D eigenvalue weighted by molar-refractivity contribution is 5.83. The van der Waals surface area contributed by atoms with Gasteiger partial charge in [0, 0.05) is 12.0 Å². The maximum absolute atomic E-state index is 12.5. The molecule has 3 rings (SSSR count). The second kappa shape index (κ2) is 6.39. The molecule has 2 heteroatoms. The summed E-state index contributed by atoms with van der Waals surface area (Å²) in [5.41, 5.74) is 0. The molecule has 108 valence electrons. The zero-order valence-corrected chi connectivity index (χ0v) is 12.3. The Balaban J connectivity index is 1.56. The molecule has 0 spiro atoms. The molecule has 2 aliphatic carbocycles. The molecule has 1 saturated heterocycles. The Bertz CT molecular complexity index is 306. The summed E-state index contributed by atoms with van der Waals surface area (Å²) in [7, 11) is 0. The van der Waals surface area contributed by atoms with E-state index in [0.29, 0.717) is 11.7 Å². The molecule has 3 aliphatic rings. The van der Waals surface area contributed by atoms with E-state index < -0.39 is 0 Å². The monoisotopic (exact) mass is 263 g/mol. The van der Waals surface area contributed by atoms with Crippen LogP contribution in [0.4, 0.5) is 0 Å². The van der Waals surface area contributed by atoms with Gasteiger partial charge in [-0.3, -0.25) is 9.69 Å². The van der Waals surface area contributed by atoms with E-state index in [1.807, 2.05) is 0 Å². The predicted molar refractivity (Wildman–Crippen MR) is 78.1 cm³/mol. The minimum atomic E-state index is 0.401. The SMILES string of the molecule is O=C(CN1CCCC2CCCCC21)C1CCCCC1. The Labute approximate surface area is 117 Å². The van der Waals surface area contributed by atoms with Crippen LogP contribution in [0.15, 0.2) is 0 Å². The molecule has 1 heterocycles. The van der Waals surface area contributed by atoms with Gasteiger partial charge in [0.25, 0.3) is 0 Å². The summed E-state index contributed by atoms with van der Waals surface area (Å²) in [4.78, 5) is 15.1. The van der Waals surface area contributed by atoms with Crippen LogP contribution >= 0.6 is 0 Å². The number of nitrogens with zero attached hydrogens (tertiary/aromatic N) is 1. The van der Waals surface area contributed by atoms with Crippen LogP contribution in [0.2, 0.25) is 0 Å². The first-order valence-electron chi connectivity index (χ1n) is 8.61. The summed E-state index contributed by atoms with van der Waals surface area (Å²) in [5, 5.41) is 0. The first kappa shape index (κ1) is 13.6. The molecule has 0 radical (unpaired) electrons. The van der Waals surface area contributed by atoms with Crippen molar-refractivity contribution in [3.8, 4) is 0 Å². The normalized spacial score (nSPS) is 33.9. The number of rotatable bonds is 3. The van der Waals surface area contributed by atoms with Crippen molar-refractivity contribution in [2.75, 3.05) is 13.1 Å². The second-order valence-electron chi connectivity index (χ2n) is 7.03. The molecule has 0 bridgehead atoms. The number of Topliss-reactive ketones (excluding diaryl/α,β-unsaturated/α-hetero) is 1. The lowest BCUT2D eigenvalue weighted by Gasteiger charge is -2.44. The van der Waals surface area contributed by atoms with E-state index in [0.717, 1.165) is 18.5 Å². The third-order valence-corrected chi connectivity index (χ3v) is 5.78. The second-order valence-corrected chi connectivity index (χ2v) is 7.03. The van der Waals surface area contributed by atoms with E-state index in [-0.39, 0.29) is 0 Å². The molecule has 2 saturated carbocycles. The fourth-order valence-electron chi connectivity index (χ4n) is 4.68. The molecular formula is C17H29NO.